The van der Waals surface area contributed by atoms with Crippen LogP contribution in [0.1, 0.15) is 6.42 Å². The highest BCUT2D eigenvalue weighted by Gasteiger charge is 1.98. The summed E-state index contributed by atoms with van der Waals surface area (Å²) in [6.45, 7) is 4.50. The van der Waals surface area contributed by atoms with Gasteiger partial charge in [0.25, 0.3) is 0 Å². The number of carbonyl (C=O) groups is 1. The van der Waals surface area contributed by atoms with Gasteiger partial charge in [-0.15, -0.1) is 0 Å². The fourth-order valence-corrected chi connectivity index (χ4v) is 1.10. The van der Waals surface area contributed by atoms with Crippen molar-refractivity contribution in [2.75, 3.05) is 66.5 Å². The second-order valence-corrected chi connectivity index (χ2v) is 3.56. The molecule has 0 amide bonds. The molecule has 0 bridgehead atoms. The number of carbonyl (C=O) groups excluding carboxylic acids is 1. The molecule has 7 nitrogen and oxygen atoms in total. The lowest BCUT2D eigenvalue weighted by Gasteiger charge is -2.06. The number of methoxy groups -OCH3 is 1. The third-order valence-corrected chi connectivity index (χ3v) is 2.06. The molecule has 0 rings (SSSR count). The van der Waals surface area contributed by atoms with Crippen LogP contribution < -0.4 is 5.73 Å². The fraction of sp³-hybridized carbons (Fsp3) is 0.917. The lowest BCUT2D eigenvalue weighted by atomic mass is 10.5. The van der Waals surface area contributed by atoms with E-state index in [-0.39, 0.29) is 12.4 Å². The Hall–Kier alpha value is -0.730. The molecule has 0 atom stereocenters. The van der Waals surface area contributed by atoms with Crippen LogP contribution in [0.4, 0.5) is 0 Å². The Morgan fingerprint density at radius 1 is 0.789 bits per heavy atom. The zero-order chi connectivity index (χ0) is 14.2. The molecule has 0 spiro atoms. The Morgan fingerprint density at radius 2 is 1.21 bits per heavy atom. The molecule has 0 fully saturated rings. The third-order valence-electron chi connectivity index (χ3n) is 2.06. The summed E-state index contributed by atoms with van der Waals surface area (Å²) in [4.78, 5) is 10.7. The first kappa shape index (κ1) is 18.3. The summed E-state index contributed by atoms with van der Waals surface area (Å²) in [6, 6.07) is 0. The summed E-state index contributed by atoms with van der Waals surface area (Å²) in [5.41, 5.74) is 5.26. The van der Waals surface area contributed by atoms with E-state index in [0.717, 1.165) is 0 Å². The topological polar surface area (TPSA) is 89.2 Å². The van der Waals surface area contributed by atoms with Crippen LogP contribution in [0, 0.1) is 0 Å². The van der Waals surface area contributed by atoms with Crippen LogP contribution in [0.3, 0.4) is 0 Å². The highest BCUT2D eigenvalue weighted by atomic mass is 16.6. The maximum absolute atomic E-state index is 10.7. The number of esters is 1. The zero-order valence-corrected chi connectivity index (χ0v) is 11.6. The van der Waals surface area contributed by atoms with Crippen molar-refractivity contribution in [2.45, 2.75) is 6.42 Å². The van der Waals surface area contributed by atoms with Crippen molar-refractivity contribution in [2.24, 2.45) is 5.73 Å². The largest absolute Gasteiger partial charge is 0.469 e. The summed E-state index contributed by atoms with van der Waals surface area (Å²) in [5.74, 6) is -0.272. The van der Waals surface area contributed by atoms with Crippen molar-refractivity contribution in [3.05, 3.63) is 0 Å². The molecule has 0 aliphatic heterocycles. The van der Waals surface area contributed by atoms with Crippen LogP contribution in [0.2, 0.25) is 0 Å². The van der Waals surface area contributed by atoms with E-state index in [0.29, 0.717) is 59.4 Å². The number of nitrogens with two attached hydrogens (primary N) is 1. The minimum absolute atomic E-state index is 0.266. The first-order valence-electron chi connectivity index (χ1n) is 6.39. The Labute approximate surface area is 114 Å². The van der Waals surface area contributed by atoms with Gasteiger partial charge in [-0.1, -0.05) is 0 Å². The Balaban J connectivity index is 2.97. The predicted molar refractivity (Wildman–Crippen MR) is 69.0 cm³/mol. The Kier molecular flexibility index (Phi) is 14.7. The lowest BCUT2D eigenvalue weighted by Crippen LogP contribution is -2.14. The van der Waals surface area contributed by atoms with Crippen molar-refractivity contribution < 1.29 is 28.5 Å². The number of rotatable bonds is 14. The van der Waals surface area contributed by atoms with Crippen LogP contribution in [-0.2, 0) is 28.5 Å². The quantitative estimate of drug-likeness (QED) is 0.341. The highest BCUT2D eigenvalue weighted by molar-refractivity contribution is 5.69. The normalized spacial score (nSPS) is 10.6. The van der Waals surface area contributed by atoms with Gasteiger partial charge in [0.15, 0.2) is 0 Å². The number of hydrogen-bond acceptors (Lipinski definition) is 7. The van der Waals surface area contributed by atoms with E-state index >= 15 is 0 Å². The average Bonchev–Trinajstić information content (AvgIpc) is 2.43. The van der Waals surface area contributed by atoms with E-state index in [9.17, 15) is 4.79 Å². The monoisotopic (exact) mass is 279 g/mol. The maximum Gasteiger partial charge on any atom is 0.307 e. The third kappa shape index (κ3) is 15.2. The van der Waals surface area contributed by atoms with Gasteiger partial charge in [0.1, 0.15) is 0 Å². The standard InChI is InChI=1S/C12H25NO6/c1-15-12(14)2-4-16-6-8-18-10-11-19-9-7-17-5-3-13/h2-11,13H2,1H3. The molecular formula is C12H25NO6. The van der Waals surface area contributed by atoms with Gasteiger partial charge in [0, 0.05) is 6.54 Å². The molecule has 2 N–H and O–H groups in total. The van der Waals surface area contributed by atoms with Crippen molar-refractivity contribution in [1.82, 2.24) is 0 Å². The summed E-state index contributed by atoms with van der Waals surface area (Å²) in [5, 5.41) is 0. The Morgan fingerprint density at radius 3 is 1.63 bits per heavy atom. The summed E-state index contributed by atoms with van der Waals surface area (Å²) in [7, 11) is 1.35. The number of ether oxygens (including phenoxy) is 5. The highest BCUT2D eigenvalue weighted by Crippen LogP contribution is 1.87. The molecule has 0 unspecified atom stereocenters. The zero-order valence-electron chi connectivity index (χ0n) is 11.6. The van der Waals surface area contributed by atoms with Crippen molar-refractivity contribution in [3.8, 4) is 0 Å². The molecule has 7 heteroatoms. The molecule has 0 aliphatic rings. The van der Waals surface area contributed by atoms with E-state index in [2.05, 4.69) is 4.74 Å². The van der Waals surface area contributed by atoms with Gasteiger partial charge >= 0.3 is 5.97 Å². The van der Waals surface area contributed by atoms with Gasteiger partial charge in [0.05, 0.1) is 66.4 Å². The molecule has 0 aromatic carbocycles. The van der Waals surface area contributed by atoms with Gasteiger partial charge < -0.3 is 29.4 Å². The van der Waals surface area contributed by atoms with Crippen LogP contribution in [0.25, 0.3) is 0 Å². The SMILES string of the molecule is COC(=O)CCOCCOCCOCCOCCN. The van der Waals surface area contributed by atoms with Gasteiger partial charge in [-0.05, 0) is 0 Å². The van der Waals surface area contributed by atoms with E-state index < -0.39 is 0 Å². The number of hydrogen-bond donors (Lipinski definition) is 1. The molecule has 19 heavy (non-hydrogen) atoms. The van der Waals surface area contributed by atoms with Crippen molar-refractivity contribution in [1.29, 1.82) is 0 Å². The molecule has 0 heterocycles. The average molecular weight is 279 g/mol. The second kappa shape index (κ2) is 15.3. The molecular weight excluding hydrogens is 254 g/mol. The van der Waals surface area contributed by atoms with Gasteiger partial charge in [-0.2, -0.15) is 0 Å². The van der Waals surface area contributed by atoms with Crippen LogP contribution in [-0.4, -0.2) is 72.5 Å². The fourth-order valence-electron chi connectivity index (χ4n) is 1.10. The molecule has 0 aromatic heterocycles. The smallest absolute Gasteiger partial charge is 0.307 e. The first-order chi connectivity index (χ1) is 9.31. The molecule has 0 saturated heterocycles. The Bertz CT molecular complexity index is 203. The maximum atomic E-state index is 10.7. The van der Waals surface area contributed by atoms with Gasteiger partial charge in [-0.3, -0.25) is 4.79 Å². The molecule has 114 valence electrons. The van der Waals surface area contributed by atoms with Crippen LogP contribution >= 0.6 is 0 Å². The van der Waals surface area contributed by atoms with E-state index in [4.69, 9.17) is 24.7 Å². The molecule has 0 saturated carbocycles. The summed E-state index contributed by atoms with van der Waals surface area (Å²) >= 11 is 0. The molecule has 0 aromatic rings. The van der Waals surface area contributed by atoms with Gasteiger partial charge in [0.2, 0.25) is 0 Å². The minimum Gasteiger partial charge on any atom is -0.469 e. The van der Waals surface area contributed by atoms with E-state index in [1.54, 1.807) is 0 Å². The minimum atomic E-state index is -0.272. The van der Waals surface area contributed by atoms with Crippen molar-refractivity contribution >= 4 is 5.97 Å². The summed E-state index contributed by atoms with van der Waals surface area (Å²) < 4.78 is 25.3. The first-order valence-corrected chi connectivity index (χ1v) is 6.39. The molecule has 0 aliphatic carbocycles. The predicted octanol–water partition coefficient (Wildman–Crippen LogP) is -0.425. The van der Waals surface area contributed by atoms with Gasteiger partial charge in [-0.25, -0.2) is 0 Å². The van der Waals surface area contributed by atoms with Crippen LogP contribution in [0.15, 0.2) is 0 Å². The van der Waals surface area contributed by atoms with Crippen molar-refractivity contribution in [3.63, 3.8) is 0 Å². The lowest BCUT2D eigenvalue weighted by molar-refractivity contribution is -0.141. The second-order valence-electron chi connectivity index (χ2n) is 3.56. The van der Waals surface area contributed by atoms with Crippen LogP contribution in [0.5, 0.6) is 0 Å². The van der Waals surface area contributed by atoms with E-state index in [1.165, 1.54) is 7.11 Å². The van der Waals surface area contributed by atoms with E-state index in [1.807, 2.05) is 0 Å². The summed E-state index contributed by atoms with van der Waals surface area (Å²) in [6.07, 6.45) is 0.266. The molecule has 0 radical (unpaired) electrons.